The fourth-order valence-corrected chi connectivity index (χ4v) is 4.82. The Hall–Kier alpha value is -1.93. The van der Waals surface area contributed by atoms with Gasteiger partial charge in [-0.15, -0.1) is 0 Å². The summed E-state index contributed by atoms with van der Waals surface area (Å²) >= 11 is 0. The largest absolute Gasteiger partial charge is 0.369 e. The topological polar surface area (TPSA) is 101 Å². The van der Waals surface area contributed by atoms with Gasteiger partial charge in [-0.2, -0.15) is 0 Å². The molecule has 0 atom stereocenters. The van der Waals surface area contributed by atoms with Crippen LogP contribution in [0.2, 0.25) is 0 Å². The number of nitrogens with zero attached hydrogens (tertiary/aromatic N) is 2. The number of carbonyl (C=O) groups is 2. The van der Waals surface area contributed by atoms with Crippen molar-refractivity contribution < 1.29 is 18.0 Å². The molecular weight excluding hydrogens is 354 g/mol. The molecule has 1 aromatic carbocycles. The molecule has 0 aromatic heterocycles. The van der Waals surface area contributed by atoms with Crippen LogP contribution < -0.4 is 5.73 Å². The lowest BCUT2D eigenvalue weighted by Crippen LogP contribution is -2.62. The molecule has 8 heteroatoms. The normalized spacial score (nSPS) is 19.9. The van der Waals surface area contributed by atoms with E-state index in [1.807, 2.05) is 0 Å². The molecule has 26 heavy (non-hydrogen) atoms. The molecule has 2 amide bonds. The quantitative estimate of drug-likeness (QED) is 0.764. The standard InChI is InChI=1S/C18H25N3O4S/c19-18(23)14-6-9-20(10-7-14)15-12-21(13-15)17(22)8-11-26(24,25)16-4-2-1-3-5-16/h1-5,14-15H,6-13H2,(H2,19,23). The van der Waals surface area contributed by atoms with Crippen LogP contribution in [0.25, 0.3) is 0 Å². The van der Waals surface area contributed by atoms with Gasteiger partial charge in [0, 0.05) is 31.5 Å². The van der Waals surface area contributed by atoms with Gasteiger partial charge in [0.05, 0.1) is 10.6 Å². The highest BCUT2D eigenvalue weighted by molar-refractivity contribution is 7.91. The number of carbonyl (C=O) groups excluding carboxylic acids is 2. The average molecular weight is 379 g/mol. The van der Waals surface area contributed by atoms with Crippen molar-refractivity contribution in [3.05, 3.63) is 30.3 Å². The molecule has 2 fully saturated rings. The second-order valence-electron chi connectivity index (χ2n) is 7.05. The van der Waals surface area contributed by atoms with Crippen LogP contribution in [0.1, 0.15) is 19.3 Å². The molecule has 3 rings (SSSR count). The summed E-state index contributed by atoms with van der Waals surface area (Å²) in [4.78, 5) is 27.7. The van der Waals surface area contributed by atoms with Gasteiger partial charge in [-0.3, -0.25) is 14.5 Å². The Balaban J connectivity index is 1.42. The smallest absolute Gasteiger partial charge is 0.223 e. The Labute approximate surface area is 154 Å². The number of hydrogen-bond acceptors (Lipinski definition) is 5. The second kappa shape index (κ2) is 7.75. The number of nitrogens with two attached hydrogens (primary N) is 1. The first-order valence-electron chi connectivity index (χ1n) is 8.96. The number of primary amides is 1. The predicted octanol–water partition coefficient (Wildman–Crippen LogP) is 0.259. The van der Waals surface area contributed by atoms with Crippen LogP contribution in [0.4, 0.5) is 0 Å². The number of amides is 2. The molecule has 1 aromatic rings. The van der Waals surface area contributed by atoms with Gasteiger partial charge in [0.1, 0.15) is 0 Å². The Morgan fingerprint density at radius 1 is 1.08 bits per heavy atom. The maximum atomic E-state index is 12.3. The van der Waals surface area contributed by atoms with E-state index in [-0.39, 0.29) is 34.8 Å². The zero-order chi connectivity index (χ0) is 18.7. The number of rotatable bonds is 6. The predicted molar refractivity (Wildman–Crippen MR) is 97.0 cm³/mol. The van der Waals surface area contributed by atoms with E-state index in [0.29, 0.717) is 19.1 Å². The summed E-state index contributed by atoms with van der Waals surface area (Å²) in [5.41, 5.74) is 5.35. The molecule has 7 nitrogen and oxygen atoms in total. The van der Waals surface area contributed by atoms with E-state index in [9.17, 15) is 18.0 Å². The van der Waals surface area contributed by atoms with E-state index in [2.05, 4.69) is 4.90 Å². The first-order valence-corrected chi connectivity index (χ1v) is 10.6. The summed E-state index contributed by atoms with van der Waals surface area (Å²) in [6.45, 7) is 2.91. The van der Waals surface area contributed by atoms with Crippen LogP contribution in [0.5, 0.6) is 0 Å². The zero-order valence-electron chi connectivity index (χ0n) is 14.7. The van der Waals surface area contributed by atoms with Crippen molar-refractivity contribution in [3.8, 4) is 0 Å². The molecule has 2 aliphatic heterocycles. The molecule has 2 heterocycles. The van der Waals surface area contributed by atoms with Gasteiger partial charge < -0.3 is 10.6 Å². The van der Waals surface area contributed by atoms with Crippen LogP contribution in [0.3, 0.4) is 0 Å². The van der Waals surface area contributed by atoms with E-state index in [1.165, 1.54) is 0 Å². The van der Waals surface area contributed by atoms with Gasteiger partial charge in [-0.1, -0.05) is 18.2 Å². The van der Waals surface area contributed by atoms with Crippen LogP contribution >= 0.6 is 0 Å². The summed E-state index contributed by atoms with van der Waals surface area (Å²) in [7, 11) is -3.42. The molecule has 0 aliphatic carbocycles. The Bertz CT molecular complexity index is 752. The van der Waals surface area contributed by atoms with Crippen molar-refractivity contribution in [2.24, 2.45) is 11.7 Å². The van der Waals surface area contributed by atoms with E-state index < -0.39 is 9.84 Å². The average Bonchev–Trinajstić information content (AvgIpc) is 2.60. The van der Waals surface area contributed by atoms with Crippen molar-refractivity contribution in [2.45, 2.75) is 30.2 Å². The number of hydrogen-bond donors (Lipinski definition) is 1. The summed E-state index contributed by atoms with van der Waals surface area (Å²) in [6, 6.07) is 8.52. The van der Waals surface area contributed by atoms with Crippen LogP contribution in [-0.4, -0.2) is 68.0 Å². The van der Waals surface area contributed by atoms with Crippen LogP contribution in [-0.2, 0) is 19.4 Å². The Morgan fingerprint density at radius 3 is 2.27 bits per heavy atom. The van der Waals surface area contributed by atoms with Crippen LogP contribution in [0, 0.1) is 5.92 Å². The molecule has 2 saturated heterocycles. The molecule has 142 valence electrons. The van der Waals surface area contributed by atoms with Gasteiger partial charge in [0.15, 0.2) is 9.84 Å². The third-order valence-electron chi connectivity index (χ3n) is 5.35. The lowest BCUT2D eigenvalue weighted by atomic mass is 9.93. The molecule has 0 bridgehead atoms. The van der Waals surface area contributed by atoms with Crippen molar-refractivity contribution >= 4 is 21.7 Å². The lowest BCUT2D eigenvalue weighted by Gasteiger charge is -2.47. The molecule has 0 radical (unpaired) electrons. The van der Waals surface area contributed by atoms with E-state index in [1.54, 1.807) is 35.2 Å². The zero-order valence-corrected chi connectivity index (χ0v) is 15.5. The first kappa shape index (κ1) is 18.8. The molecule has 0 saturated carbocycles. The number of likely N-dealkylation sites (tertiary alicyclic amines) is 2. The maximum Gasteiger partial charge on any atom is 0.223 e. The third-order valence-corrected chi connectivity index (χ3v) is 7.08. The van der Waals surface area contributed by atoms with E-state index in [4.69, 9.17) is 5.73 Å². The minimum Gasteiger partial charge on any atom is -0.369 e. The van der Waals surface area contributed by atoms with Gasteiger partial charge in [-0.05, 0) is 38.1 Å². The highest BCUT2D eigenvalue weighted by Crippen LogP contribution is 2.23. The van der Waals surface area contributed by atoms with Crippen molar-refractivity contribution in [3.63, 3.8) is 0 Å². The third kappa shape index (κ3) is 4.24. The summed E-state index contributed by atoms with van der Waals surface area (Å²) < 4.78 is 24.5. The molecule has 2 aliphatic rings. The second-order valence-corrected chi connectivity index (χ2v) is 9.16. The van der Waals surface area contributed by atoms with Gasteiger partial charge in [0.25, 0.3) is 0 Å². The molecule has 0 unspecified atom stereocenters. The van der Waals surface area contributed by atoms with Gasteiger partial charge in [-0.25, -0.2) is 8.42 Å². The molecular formula is C18H25N3O4S. The highest BCUT2D eigenvalue weighted by Gasteiger charge is 2.37. The molecule has 0 spiro atoms. The summed E-state index contributed by atoms with van der Waals surface area (Å²) in [5.74, 6) is -0.546. The van der Waals surface area contributed by atoms with Crippen molar-refractivity contribution in [2.75, 3.05) is 31.9 Å². The van der Waals surface area contributed by atoms with Gasteiger partial charge in [0.2, 0.25) is 11.8 Å². The monoisotopic (exact) mass is 379 g/mol. The summed E-state index contributed by atoms with van der Waals surface area (Å²) in [6.07, 6.45) is 1.55. The summed E-state index contributed by atoms with van der Waals surface area (Å²) in [5, 5.41) is 0. The van der Waals surface area contributed by atoms with Crippen LogP contribution in [0.15, 0.2) is 35.2 Å². The van der Waals surface area contributed by atoms with E-state index >= 15 is 0 Å². The van der Waals surface area contributed by atoms with E-state index in [0.717, 1.165) is 25.9 Å². The Kier molecular flexibility index (Phi) is 5.62. The van der Waals surface area contributed by atoms with Crippen molar-refractivity contribution in [1.82, 2.24) is 9.80 Å². The van der Waals surface area contributed by atoms with Crippen molar-refractivity contribution in [1.29, 1.82) is 0 Å². The minimum atomic E-state index is -3.42. The first-order chi connectivity index (χ1) is 12.4. The molecule has 2 N–H and O–H groups in total. The fraction of sp³-hybridized carbons (Fsp3) is 0.556. The fourth-order valence-electron chi connectivity index (χ4n) is 3.56. The SMILES string of the molecule is NC(=O)C1CCN(C2CN(C(=O)CCS(=O)(=O)c3ccccc3)C2)CC1. The Morgan fingerprint density at radius 2 is 1.69 bits per heavy atom. The number of piperidine rings is 1. The number of sulfone groups is 1. The maximum absolute atomic E-state index is 12.3. The van der Waals surface area contributed by atoms with Gasteiger partial charge >= 0.3 is 0 Å². The minimum absolute atomic E-state index is 0.00764. The highest BCUT2D eigenvalue weighted by atomic mass is 32.2. The number of benzene rings is 1. The lowest BCUT2D eigenvalue weighted by molar-refractivity contribution is -0.138.